The van der Waals surface area contributed by atoms with Crippen LogP contribution < -0.4 is 4.90 Å². The van der Waals surface area contributed by atoms with Gasteiger partial charge in [0.25, 0.3) is 0 Å². The maximum Gasteiger partial charge on any atom is 0.326 e. The van der Waals surface area contributed by atoms with Gasteiger partial charge in [0.2, 0.25) is 0 Å². The summed E-state index contributed by atoms with van der Waals surface area (Å²) in [6, 6.07) is 7.41. The van der Waals surface area contributed by atoms with Gasteiger partial charge in [-0.05, 0) is 31.9 Å². The zero-order chi connectivity index (χ0) is 12.1. The summed E-state index contributed by atoms with van der Waals surface area (Å²) in [7, 11) is 0. The Morgan fingerprint density at radius 2 is 2.06 bits per heavy atom. The molecule has 16 heavy (non-hydrogen) atoms. The molecule has 0 saturated heterocycles. The fourth-order valence-electron chi connectivity index (χ4n) is 1.78. The van der Waals surface area contributed by atoms with Gasteiger partial charge in [-0.15, -0.1) is 0 Å². The van der Waals surface area contributed by atoms with Gasteiger partial charge in [0.15, 0.2) is 0 Å². The Morgan fingerprint density at radius 3 is 2.56 bits per heavy atom. The summed E-state index contributed by atoms with van der Waals surface area (Å²) in [5.41, 5.74) is 2.13. The molecule has 3 nitrogen and oxygen atoms in total. The average Bonchev–Trinajstić information content (AvgIpc) is 2.26. The lowest BCUT2D eigenvalue weighted by molar-refractivity contribution is -0.138. The molecule has 0 saturated carbocycles. The minimum Gasteiger partial charge on any atom is -0.480 e. The molecule has 0 amide bonds. The molecule has 1 atom stereocenters. The van der Waals surface area contributed by atoms with Crippen LogP contribution in [0.3, 0.4) is 0 Å². The highest BCUT2D eigenvalue weighted by Crippen LogP contribution is 2.21. The van der Waals surface area contributed by atoms with Gasteiger partial charge in [-0.2, -0.15) is 0 Å². The molecule has 0 spiro atoms. The van der Waals surface area contributed by atoms with Crippen molar-refractivity contribution >= 4 is 11.7 Å². The number of carboxylic acid groups (broad SMARTS) is 1. The number of anilines is 1. The lowest BCUT2D eigenvalue weighted by atomic mass is 10.1. The summed E-state index contributed by atoms with van der Waals surface area (Å²) in [6.07, 6.45) is 0.936. The Kier molecular flexibility index (Phi) is 4.35. The first kappa shape index (κ1) is 12.6. The molecule has 0 bridgehead atoms. The molecule has 0 radical (unpaired) electrons. The van der Waals surface area contributed by atoms with Gasteiger partial charge in [-0.1, -0.05) is 25.1 Å². The number of carboxylic acids is 1. The second kappa shape index (κ2) is 5.54. The van der Waals surface area contributed by atoms with Crippen molar-refractivity contribution in [3.05, 3.63) is 29.8 Å². The molecule has 0 aliphatic carbocycles. The molecular formula is C13H19NO2. The fourth-order valence-corrected chi connectivity index (χ4v) is 1.78. The Labute approximate surface area is 96.7 Å². The summed E-state index contributed by atoms with van der Waals surface area (Å²) >= 11 is 0. The van der Waals surface area contributed by atoms with Gasteiger partial charge in [0.1, 0.15) is 6.04 Å². The number of benzene rings is 1. The largest absolute Gasteiger partial charge is 0.480 e. The summed E-state index contributed by atoms with van der Waals surface area (Å²) in [6.45, 7) is 6.55. The fraction of sp³-hybridized carbons (Fsp3) is 0.462. The predicted octanol–water partition coefficient (Wildman–Crippen LogP) is 2.68. The average molecular weight is 221 g/mol. The van der Waals surface area contributed by atoms with E-state index in [4.69, 9.17) is 5.11 Å². The molecule has 1 N–H and O–H groups in total. The number of para-hydroxylation sites is 1. The molecule has 0 fully saturated rings. The van der Waals surface area contributed by atoms with E-state index in [1.807, 2.05) is 36.1 Å². The molecular weight excluding hydrogens is 202 g/mol. The smallest absolute Gasteiger partial charge is 0.326 e. The van der Waals surface area contributed by atoms with E-state index >= 15 is 0 Å². The molecule has 0 aliphatic rings. The van der Waals surface area contributed by atoms with Crippen molar-refractivity contribution in [2.75, 3.05) is 11.4 Å². The third-order valence-corrected chi connectivity index (χ3v) is 2.71. The third kappa shape index (κ3) is 2.75. The Hall–Kier alpha value is -1.51. The van der Waals surface area contributed by atoms with Crippen LogP contribution in [0, 0.1) is 6.92 Å². The van der Waals surface area contributed by atoms with Crippen LogP contribution in [-0.4, -0.2) is 23.7 Å². The third-order valence-electron chi connectivity index (χ3n) is 2.71. The number of carbonyl (C=O) groups is 1. The molecule has 1 aromatic carbocycles. The highest BCUT2D eigenvalue weighted by atomic mass is 16.4. The maximum absolute atomic E-state index is 11.1. The van der Waals surface area contributed by atoms with Crippen molar-refractivity contribution in [3.63, 3.8) is 0 Å². The van der Waals surface area contributed by atoms with E-state index in [0.717, 1.165) is 24.2 Å². The molecule has 0 heterocycles. The highest BCUT2D eigenvalue weighted by molar-refractivity contribution is 5.78. The van der Waals surface area contributed by atoms with Crippen LogP contribution in [0.15, 0.2) is 24.3 Å². The van der Waals surface area contributed by atoms with Crippen molar-refractivity contribution in [2.45, 2.75) is 33.2 Å². The van der Waals surface area contributed by atoms with E-state index in [2.05, 4.69) is 6.92 Å². The first-order chi connectivity index (χ1) is 7.57. The number of aliphatic carboxylic acids is 1. The minimum absolute atomic E-state index is 0.485. The first-order valence-corrected chi connectivity index (χ1v) is 5.63. The first-order valence-electron chi connectivity index (χ1n) is 5.63. The monoisotopic (exact) mass is 221 g/mol. The Morgan fingerprint density at radius 1 is 1.44 bits per heavy atom. The van der Waals surface area contributed by atoms with Gasteiger partial charge in [0.05, 0.1) is 0 Å². The molecule has 88 valence electrons. The highest BCUT2D eigenvalue weighted by Gasteiger charge is 2.20. The quantitative estimate of drug-likeness (QED) is 0.831. The number of nitrogens with zero attached hydrogens (tertiary/aromatic N) is 1. The van der Waals surface area contributed by atoms with Gasteiger partial charge in [0, 0.05) is 12.2 Å². The van der Waals surface area contributed by atoms with Crippen LogP contribution in [-0.2, 0) is 4.79 Å². The van der Waals surface area contributed by atoms with Crippen LogP contribution in [0.25, 0.3) is 0 Å². The number of rotatable bonds is 5. The topological polar surface area (TPSA) is 40.5 Å². The van der Waals surface area contributed by atoms with Gasteiger partial charge >= 0.3 is 5.97 Å². The number of hydrogen-bond acceptors (Lipinski definition) is 2. The maximum atomic E-state index is 11.1. The summed E-state index contributed by atoms with van der Waals surface area (Å²) in [5.74, 6) is -0.781. The Balaban J connectivity index is 3.02. The van der Waals surface area contributed by atoms with E-state index in [1.165, 1.54) is 0 Å². The second-order valence-corrected chi connectivity index (χ2v) is 3.99. The Bertz CT molecular complexity index is 363. The van der Waals surface area contributed by atoms with Crippen LogP contribution in [0.5, 0.6) is 0 Å². The lowest BCUT2D eigenvalue weighted by Gasteiger charge is -2.29. The van der Waals surface area contributed by atoms with Crippen LogP contribution in [0.1, 0.15) is 25.8 Å². The zero-order valence-electron chi connectivity index (χ0n) is 10.1. The number of aryl methyl sites for hydroxylation is 1. The summed E-state index contributed by atoms with van der Waals surface area (Å²) in [5, 5.41) is 9.09. The van der Waals surface area contributed by atoms with Crippen molar-refractivity contribution in [1.29, 1.82) is 0 Å². The van der Waals surface area contributed by atoms with E-state index in [9.17, 15) is 4.79 Å². The van der Waals surface area contributed by atoms with E-state index in [1.54, 1.807) is 6.92 Å². The normalized spacial score (nSPS) is 12.2. The van der Waals surface area contributed by atoms with Crippen LogP contribution in [0.2, 0.25) is 0 Å². The molecule has 3 heteroatoms. The van der Waals surface area contributed by atoms with Crippen molar-refractivity contribution in [2.24, 2.45) is 0 Å². The SMILES string of the molecule is CCCN(c1ccccc1C)[C@@H](C)C(=O)O. The minimum atomic E-state index is -0.781. The molecule has 1 aromatic rings. The molecule has 0 aliphatic heterocycles. The summed E-state index contributed by atoms with van der Waals surface area (Å²) in [4.78, 5) is 13.0. The van der Waals surface area contributed by atoms with Crippen LogP contribution in [0.4, 0.5) is 5.69 Å². The standard InChI is InChI=1S/C13H19NO2/c1-4-9-14(11(3)13(15)16)12-8-6-5-7-10(12)2/h5-8,11H,4,9H2,1-3H3,(H,15,16)/t11-/m0/s1. The van der Waals surface area contributed by atoms with E-state index in [-0.39, 0.29) is 0 Å². The van der Waals surface area contributed by atoms with E-state index < -0.39 is 12.0 Å². The van der Waals surface area contributed by atoms with Gasteiger partial charge < -0.3 is 10.0 Å². The van der Waals surface area contributed by atoms with Crippen LogP contribution >= 0.6 is 0 Å². The molecule has 0 unspecified atom stereocenters. The van der Waals surface area contributed by atoms with Crippen molar-refractivity contribution < 1.29 is 9.90 Å². The second-order valence-electron chi connectivity index (χ2n) is 3.99. The van der Waals surface area contributed by atoms with Gasteiger partial charge in [-0.25, -0.2) is 4.79 Å². The number of hydrogen-bond donors (Lipinski definition) is 1. The van der Waals surface area contributed by atoms with Crippen molar-refractivity contribution in [3.8, 4) is 0 Å². The lowest BCUT2D eigenvalue weighted by Crippen LogP contribution is -2.40. The summed E-state index contributed by atoms with van der Waals surface area (Å²) < 4.78 is 0. The van der Waals surface area contributed by atoms with Gasteiger partial charge in [-0.3, -0.25) is 0 Å². The van der Waals surface area contributed by atoms with Crippen molar-refractivity contribution in [1.82, 2.24) is 0 Å². The molecule has 0 aromatic heterocycles. The molecule has 1 rings (SSSR count). The zero-order valence-corrected chi connectivity index (χ0v) is 10.1. The predicted molar refractivity (Wildman–Crippen MR) is 65.9 cm³/mol. The van der Waals surface area contributed by atoms with E-state index in [0.29, 0.717) is 0 Å².